The minimum absolute atomic E-state index is 0.133. The third-order valence-corrected chi connectivity index (χ3v) is 5.16. The molecular formula is C19H16FN5OS. The Bertz CT molecular complexity index is 1060. The van der Waals surface area contributed by atoms with E-state index < -0.39 is 0 Å². The van der Waals surface area contributed by atoms with Gasteiger partial charge in [0.2, 0.25) is 11.8 Å². The zero-order chi connectivity index (χ0) is 18.8. The average Bonchev–Trinajstić information content (AvgIpc) is 3.31. The summed E-state index contributed by atoms with van der Waals surface area (Å²) in [6.45, 7) is 1.95. The van der Waals surface area contributed by atoms with Gasteiger partial charge < -0.3 is 8.98 Å². The van der Waals surface area contributed by atoms with Crippen molar-refractivity contribution < 1.29 is 8.81 Å². The number of rotatable bonds is 5. The van der Waals surface area contributed by atoms with Crippen LogP contribution >= 0.6 is 11.8 Å². The van der Waals surface area contributed by atoms with E-state index in [9.17, 15) is 4.39 Å². The molecule has 0 radical (unpaired) electrons. The molecule has 0 bridgehead atoms. The molecule has 0 saturated heterocycles. The molecule has 2 heterocycles. The first-order valence-electron chi connectivity index (χ1n) is 8.33. The SMILES string of the molecule is C[C@@H](Sc1nnc(-c2ccccc2F)n1C)c1nnc(-c2ccccc2)o1. The van der Waals surface area contributed by atoms with Crippen molar-refractivity contribution in [1.29, 1.82) is 0 Å². The van der Waals surface area contributed by atoms with Crippen molar-refractivity contribution in [2.75, 3.05) is 0 Å². The Morgan fingerprint density at radius 3 is 2.48 bits per heavy atom. The fourth-order valence-corrected chi connectivity index (χ4v) is 3.44. The highest BCUT2D eigenvalue weighted by Gasteiger charge is 2.21. The average molecular weight is 381 g/mol. The molecule has 2 aromatic carbocycles. The van der Waals surface area contributed by atoms with Gasteiger partial charge in [0.1, 0.15) is 5.82 Å². The van der Waals surface area contributed by atoms with Crippen molar-refractivity contribution in [3.63, 3.8) is 0 Å². The molecule has 8 heteroatoms. The molecule has 6 nitrogen and oxygen atoms in total. The van der Waals surface area contributed by atoms with E-state index in [4.69, 9.17) is 4.42 Å². The number of benzene rings is 2. The highest BCUT2D eigenvalue weighted by atomic mass is 32.2. The minimum atomic E-state index is -0.331. The van der Waals surface area contributed by atoms with Gasteiger partial charge in [0.15, 0.2) is 11.0 Å². The van der Waals surface area contributed by atoms with Crippen LogP contribution in [0.1, 0.15) is 18.1 Å². The van der Waals surface area contributed by atoms with Crippen molar-refractivity contribution in [3.05, 3.63) is 66.3 Å². The number of hydrogen-bond donors (Lipinski definition) is 0. The van der Waals surface area contributed by atoms with Crippen LogP contribution in [0.5, 0.6) is 0 Å². The molecule has 0 unspecified atom stereocenters. The molecule has 0 fully saturated rings. The van der Waals surface area contributed by atoms with E-state index in [1.165, 1.54) is 17.8 Å². The van der Waals surface area contributed by atoms with Crippen LogP contribution < -0.4 is 0 Å². The van der Waals surface area contributed by atoms with Crippen molar-refractivity contribution >= 4 is 11.8 Å². The molecule has 136 valence electrons. The van der Waals surface area contributed by atoms with Gasteiger partial charge in [0.05, 0.1) is 10.8 Å². The number of thioether (sulfide) groups is 1. The topological polar surface area (TPSA) is 69.6 Å². The summed E-state index contributed by atoms with van der Waals surface area (Å²) in [5.74, 6) is 1.11. The molecule has 1 atom stereocenters. The van der Waals surface area contributed by atoms with Crippen LogP contribution in [0.15, 0.2) is 64.2 Å². The number of aromatic nitrogens is 5. The Morgan fingerprint density at radius 1 is 0.963 bits per heavy atom. The summed E-state index contributed by atoms with van der Waals surface area (Å²) in [6, 6.07) is 16.1. The number of nitrogens with zero attached hydrogens (tertiary/aromatic N) is 5. The smallest absolute Gasteiger partial charge is 0.247 e. The minimum Gasteiger partial charge on any atom is -0.419 e. The Balaban J connectivity index is 1.55. The van der Waals surface area contributed by atoms with Gasteiger partial charge in [-0.25, -0.2) is 4.39 Å². The maximum Gasteiger partial charge on any atom is 0.247 e. The molecule has 4 aromatic rings. The van der Waals surface area contributed by atoms with Gasteiger partial charge in [-0.2, -0.15) is 0 Å². The maximum absolute atomic E-state index is 14.0. The largest absolute Gasteiger partial charge is 0.419 e. The molecule has 0 N–H and O–H groups in total. The van der Waals surface area contributed by atoms with E-state index in [1.54, 1.807) is 29.8 Å². The van der Waals surface area contributed by atoms with Crippen LogP contribution in [0.2, 0.25) is 0 Å². The molecule has 0 aliphatic heterocycles. The molecular weight excluding hydrogens is 365 g/mol. The number of hydrogen-bond acceptors (Lipinski definition) is 6. The van der Waals surface area contributed by atoms with E-state index in [-0.39, 0.29) is 11.1 Å². The van der Waals surface area contributed by atoms with E-state index in [0.29, 0.717) is 28.3 Å². The van der Waals surface area contributed by atoms with Gasteiger partial charge in [-0.15, -0.1) is 20.4 Å². The maximum atomic E-state index is 14.0. The molecule has 0 saturated carbocycles. The zero-order valence-corrected chi connectivity index (χ0v) is 15.5. The van der Waals surface area contributed by atoms with Crippen molar-refractivity contribution in [3.8, 4) is 22.8 Å². The molecule has 2 aromatic heterocycles. The molecule has 0 spiro atoms. The fourth-order valence-electron chi connectivity index (χ4n) is 2.60. The highest BCUT2D eigenvalue weighted by Crippen LogP contribution is 2.35. The Hall–Kier alpha value is -3.00. The predicted octanol–water partition coefficient (Wildman–Crippen LogP) is 4.52. The van der Waals surface area contributed by atoms with Crippen LogP contribution in [-0.2, 0) is 7.05 Å². The van der Waals surface area contributed by atoms with Crippen LogP contribution in [0.3, 0.4) is 0 Å². The third kappa shape index (κ3) is 3.48. The number of halogens is 1. The van der Waals surface area contributed by atoms with E-state index in [0.717, 1.165) is 5.56 Å². The predicted molar refractivity (Wildman–Crippen MR) is 100 cm³/mol. The summed E-state index contributed by atoms with van der Waals surface area (Å²) in [4.78, 5) is 0. The first-order valence-corrected chi connectivity index (χ1v) is 9.21. The lowest BCUT2D eigenvalue weighted by Crippen LogP contribution is -1.98. The molecule has 0 aliphatic rings. The summed E-state index contributed by atoms with van der Waals surface area (Å²) in [6.07, 6.45) is 0. The lowest BCUT2D eigenvalue weighted by Gasteiger charge is -2.07. The van der Waals surface area contributed by atoms with Crippen LogP contribution in [0.25, 0.3) is 22.8 Å². The lowest BCUT2D eigenvalue weighted by molar-refractivity contribution is 0.508. The summed E-state index contributed by atoms with van der Waals surface area (Å²) >= 11 is 1.42. The molecule has 0 amide bonds. The fraction of sp³-hybridized carbons (Fsp3) is 0.158. The van der Waals surface area contributed by atoms with Gasteiger partial charge >= 0.3 is 0 Å². The summed E-state index contributed by atoms with van der Waals surface area (Å²) in [5.41, 5.74) is 1.28. The first-order chi connectivity index (χ1) is 13.1. The highest BCUT2D eigenvalue weighted by molar-refractivity contribution is 7.99. The standard InChI is InChI=1S/C19H16FN5OS/c1-12(17-22-23-18(26-17)13-8-4-3-5-9-13)27-19-24-21-16(25(19)2)14-10-6-7-11-15(14)20/h3-12H,1-2H3/t12-/m1/s1. The van der Waals surface area contributed by atoms with Gasteiger partial charge in [0, 0.05) is 12.6 Å². The first kappa shape index (κ1) is 17.4. The van der Waals surface area contributed by atoms with Crippen LogP contribution in [0, 0.1) is 5.82 Å². The van der Waals surface area contributed by atoms with Gasteiger partial charge in [-0.1, -0.05) is 42.1 Å². The van der Waals surface area contributed by atoms with E-state index in [2.05, 4.69) is 20.4 Å². The van der Waals surface area contributed by atoms with E-state index in [1.807, 2.05) is 37.3 Å². The summed E-state index contributed by atoms with van der Waals surface area (Å²) in [7, 11) is 1.81. The van der Waals surface area contributed by atoms with E-state index >= 15 is 0 Å². The van der Waals surface area contributed by atoms with Crippen LogP contribution in [0.4, 0.5) is 4.39 Å². The Labute approximate surface area is 159 Å². The summed E-state index contributed by atoms with van der Waals surface area (Å²) < 4.78 is 21.6. The normalized spacial score (nSPS) is 12.3. The van der Waals surface area contributed by atoms with Crippen LogP contribution in [-0.4, -0.2) is 25.0 Å². The second-order valence-electron chi connectivity index (χ2n) is 5.92. The molecule has 4 rings (SSSR count). The van der Waals surface area contributed by atoms with Crippen molar-refractivity contribution in [1.82, 2.24) is 25.0 Å². The monoisotopic (exact) mass is 381 g/mol. The summed E-state index contributed by atoms with van der Waals surface area (Å²) in [5, 5.41) is 17.1. The molecule has 0 aliphatic carbocycles. The van der Waals surface area contributed by atoms with Gasteiger partial charge in [0.25, 0.3) is 0 Å². The van der Waals surface area contributed by atoms with Gasteiger partial charge in [-0.05, 0) is 31.2 Å². The van der Waals surface area contributed by atoms with Gasteiger partial charge in [-0.3, -0.25) is 0 Å². The zero-order valence-electron chi connectivity index (χ0n) is 14.7. The second-order valence-corrected chi connectivity index (χ2v) is 7.22. The Morgan fingerprint density at radius 2 is 1.70 bits per heavy atom. The molecule has 27 heavy (non-hydrogen) atoms. The lowest BCUT2D eigenvalue weighted by atomic mass is 10.2. The second kappa shape index (κ2) is 7.32. The van der Waals surface area contributed by atoms with Crippen molar-refractivity contribution in [2.24, 2.45) is 7.05 Å². The quantitative estimate of drug-likeness (QED) is 0.473. The Kier molecular flexibility index (Phi) is 4.72. The van der Waals surface area contributed by atoms with Crippen molar-refractivity contribution in [2.45, 2.75) is 17.3 Å². The third-order valence-electron chi connectivity index (χ3n) is 4.04.